The molecule has 0 atom stereocenters. The van der Waals surface area contributed by atoms with E-state index < -0.39 is 10.0 Å². The van der Waals surface area contributed by atoms with Gasteiger partial charge in [-0.2, -0.15) is 8.42 Å². The molecule has 2 heterocycles. The van der Waals surface area contributed by atoms with Crippen molar-refractivity contribution in [1.29, 1.82) is 0 Å². The number of aryl methyl sites for hydroxylation is 1. The molecule has 4 aromatic rings. The van der Waals surface area contributed by atoms with E-state index in [0.29, 0.717) is 5.02 Å². The van der Waals surface area contributed by atoms with Crippen molar-refractivity contribution in [3.8, 4) is 0 Å². The summed E-state index contributed by atoms with van der Waals surface area (Å²) in [4.78, 5) is 1.13. The number of sulfonamides is 1. The molecule has 0 fully saturated rings. The summed E-state index contributed by atoms with van der Waals surface area (Å²) in [6.45, 7) is 2.05. The molecule has 35 heavy (non-hydrogen) atoms. The van der Waals surface area contributed by atoms with E-state index in [1.165, 1.54) is 12.1 Å². The fourth-order valence-electron chi connectivity index (χ4n) is 4.00. The number of benzene rings is 3. The van der Waals surface area contributed by atoms with Crippen LogP contribution in [0.15, 0.2) is 111 Å². The number of halogens is 1. The van der Waals surface area contributed by atoms with Gasteiger partial charge in [0.2, 0.25) is 0 Å². The third kappa shape index (κ3) is 4.86. The second kappa shape index (κ2) is 9.66. The summed E-state index contributed by atoms with van der Waals surface area (Å²) in [5, 5.41) is 5.80. The lowest BCUT2D eigenvalue weighted by atomic mass is 9.92. The lowest BCUT2D eigenvalue weighted by Crippen LogP contribution is -2.19. The molecule has 1 aromatic heterocycles. The first-order valence-corrected chi connectivity index (χ1v) is 13.6. The van der Waals surface area contributed by atoms with Crippen molar-refractivity contribution in [2.45, 2.75) is 11.8 Å². The Morgan fingerprint density at radius 1 is 0.857 bits per heavy atom. The topological polar surface area (TPSA) is 58.5 Å². The van der Waals surface area contributed by atoms with Gasteiger partial charge in [-0.05, 0) is 65.4 Å². The number of hydrogen-bond donors (Lipinski definition) is 1. The van der Waals surface area contributed by atoms with Crippen molar-refractivity contribution in [3.05, 3.63) is 129 Å². The Labute approximate surface area is 214 Å². The molecular formula is C28H21ClN2O2S2. The van der Waals surface area contributed by atoms with Crippen LogP contribution in [0.1, 0.15) is 21.6 Å². The van der Waals surface area contributed by atoms with Gasteiger partial charge >= 0.3 is 0 Å². The van der Waals surface area contributed by atoms with E-state index in [0.717, 1.165) is 38.4 Å². The molecule has 174 valence electrons. The van der Waals surface area contributed by atoms with E-state index in [2.05, 4.69) is 9.71 Å². The van der Waals surface area contributed by atoms with Crippen LogP contribution in [0.4, 0.5) is 0 Å². The maximum absolute atomic E-state index is 13.3. The van der Waals surface area contributed by atoms with E-state index in [4.69, 9.17) is 11.6 Å². The molecule has 7 heteroatoms. The quantitative estimate of drug-likeness (QED) is 0.309. The third-order valence-electron chi connectivity index (χ3n) is 5.64. The van der Waals surface area contributed by atoms with Crippen molar-refractivity contribution in [1.82, 2.24) is 5.32 Å². The van der Waals surface area contributed by atoms with Gasteiger partial charge in [-0.25, -0.2) is 0 Å². The molecule has 0 amide bonds. The first-order chi connectivity index (χ1) is 16.9. The number of nitrogens with zero attached hydrogens (tertiary/aromatic N) is 1. The fourth-order valence-corrected chi connectivity index (χ4v) is 5.74. The Morgan fingerprint density at radius 3 is 2.26 bits per heavy atom. The molecule has 0 aliphatic carbocycles. The van der Waals surface area contributed by atoms with Gasteiger partial charge in [-0.1, -0.05) is 72.3 Å². The van der Waals surface area contributed by atoms with Crippen LogP contribution < -0.4 is 5.32 Å². The second-order valence-corrected chi connectivity index (χ2v) is 11.0. The molecule has 5 rings (SSSR count). The first-order valence-electron chi connectivity index (χ1n) is 10.9. The van der Waals surface area contributed by atoms with Crippen LogP contribution in [-0.4, -0.2) is 14.3 Å². The van der Waals surface area contributed by atoms with Gasteiger partial charge in [0.1, 0.15) is 0 Å². The Morgan fingerprint density at radius 2 is 1.57 bits per heavy atom. The molecule has 0 unspecified atom stereocenters. The predicted molar refractivity (Wildman–Crippen MR) is 146 cm³/mol. The van der Waals surface area contributed by atoms with E-state index in [9.17, 15) is 8.42 Å². The lowest BCUT2D eigenvalue weighted by Gasteiger charge is -2.11. The zero-order valence-corrected chi connectivity index (χ0v) is 21.2. The summed E-state index contributed by atoms with van der Waals surface area (Å²) in [5.41, 5.74) is 5.41. The van der Waals surface area contributed by atoms with E-state index in [-0.39, 0.29) is 10.7 Å². The van der Waals surface area contributed by atoms with Crippen molar-refractivity contribution >= 4 is 56.0 Å². The molecule has 0 radical (unpaired) electrons. The molecule has 0 bridgehead atoms. The highest BCUT2D eigenvalue weighted by Gasteiger charge is 2.30. The lowest BCUT2D eigenvalue weighted by molar-refractivity contribution is 0.598. The van der Waals surface area contributed by atoms with E-state index >= 15 is 0 Å². The molecular weight excluding hydrogens is 496 g/mol. The van der Waals surface area contributed by atoms with Crippen LogP contribution in [-0.2, 0) is 10.0 Å². The minimum absolute atomic E-state index is 0.0803. The van der Waals surface area contributed by atoms with Crippen LogP contribution in [0.25, 0.3) is 17.2 Å². The van der Waals surface area contributed by atoms with Gasteiger partial charge in [0.25, 0.3) is 10.0 Å². The van der Waals surface area contributed by atoms with E-state index in [1.54, 1.807) is 23.5 Å². The SMILES string of the molecule is Cc1ccccc1C1=C(c2ccccc2)C(=N/S(=O)(=O)c2ccc(Cl)cc2)/N/C1=C\c1cccs1. The summed E-state index contributed by atoms with van der Waals surface area (Å²) >= 11 is 7.58. The standard InChI is InChI=1S/C28H21ClN2O2S2/c1-19-8-5-6-12-24(19)27-25(18-22-11-7-17-34-22)30-28(26(27)20-9-3-2-4-10-20)31-35(32,33)23-15-13-21(29)14-16-23/h2-18H,1H3,(H,30,31)/b25-18-. The highest BCUT2D eigenvalue weighted by atomic mass is 35.5. The fraction of sp³-hybridized carbons (Fsp3) is 0.0357. The Balaban J connectivity index is 1.78. The van der Waals surface area contributed by atoms with Crippen LogP contribution in [0.3, 0.4) is 0 Å². The molecule has 0 saturated carbocycles. The Kier molecular flexibility index (Phi) is 6.43. The summed E-state index contributed by atoms with van der Waals surface area (Å²) in [5.74, 6) is 0.284. The predicted octanol–water partition coefficient (Wildman–Crippen LogP) is 7.05. The maximum atomic E-state index is 13.3. The second-order valence-electron chi connectivity index (χ2n) is 8.00. The number of amidine groups is 1. The molecule has 0 saturated heterocycles. The van der Waals surface area contributed by atoms with Gasteiger partial charge in [-0.3, -0.25) is 0 Å². The Bertz CT molecular complexity index is 1570. The average Bonchev–Trinajstić information content (AvgIpc) is 3.48. The smallest absolute Gasteiger partial charge is 0.284 e. The molecule has 1 N–H and O–H groups in total. The largest absolute Gasteiger partial charge is 0.338 e. The minimum atomic E-state index is -3.99. The average molecular weight is 517 g/mol. The summed E-state index contributed by atoms with van der Waals surface area (Å²) < 4.78 is 30.9. The van der Waals surface area contributed by atoms with E-state index in [1.807, 2.05) is 85.1 Å². The number of allylic oxidation sites excluding steroid dienone is 1. The van der Waals surface area contributed by atoms with Gasteiger partial charge in [0.15, 0.2) is 5.84 Å². The first kappa shape index (κ1) is 23.3. The zero-order valence-electron chi connectivity index (χ0n) is 18.8. The van der Waals surface area contributed by atoms with Crippen LogP contribution in [0.5, 0.6) is 0 Å². The monoisotopic (exact) mass is 516 g/mol. The van der Waals surface area contributed by atoms with Crippen molar-refractivity contribution in [2.75, 3.05) is 0 Å². The number of rotatable bonds is 5. The molecule has 1 aliphatic heterocycles. The summed E-state index contributed by atoms with van der Waals surface area (Å²) in [7, 11) is -3.99. The number of nitrogens with one attached hydrogen (secondary N) is 1. The number of hydrogen-bond acceptors (Lipinski definition) is 3. The highest BCUT2D eigenvalue weighted by Crippen LogP contribution is 2.39. The molecule has 4 nitrogen and oxygen atoms in total. The summed E-state index contributed by atoms with van der Waals surface area (Å²) in [6, 6.07) is 27.9. The van der Waals surface area contributed by atoms with Gasteiger partial charge in [-0.15, -0.1) is 15.7 Å². The van der Waals surface area contributed by atoms with Crippen molar-refractivity contribution < 1.29 is 8.42 Å². The zero-order chi connectivity index (χ0) is 24.4. The molecule has 3 aromatic carbocycles. The maximum Gasteiger partial charge on any atom is 0.284 e. The highest BCUT2D eigenvalue weighted by molar-refractivity contribution is 7.90. The number of thiophene rings is 1. The van der Waals surface area contributed by atoms with Crippen LogP contribution in [0.2, 0.25) is 5.02 Å². The Hall–Kier alpha value is -3.45. The molecule has 0 spiro atoms. The van der Waals surface area contributed by atoms with Crippen LogP contribution in [0, 0.1) is 6.92 Å². The van der Waals surface area contributed by atoms with Crippen LogP contribution >= 0.6 is 22.9 Å². The molecule has 1 aliphatic rings. The minimum Gasteiger partial charge on any atom is -0.338 e. The van der Waals surface area contributed by atoms with Gasteiger partial charge in [0, 0.05) is 26.7 Å². The normalized spacial score (nSPS) is 16.2. The van der Waals surface area contributed by atoms with Crippen molar-refractivity contribution in [3.63, 3.8) is 0 Å². The van der Waals surface area contributed by atoms with Gasteiger partial charge in [0.05, 0.1) is 4.90 Å². The van der Waals surface area contributed by atoms with Crippen molar-refractivity contribution in [2.24, 2.45) is 4.40 Å². The third-order valence-corrected chi connectivity index (χ3v) is 8.00. The summed E-state index contributed by atoms with van der Waals surface area (Å²) in [6.07, 6.45) is 2.03. The van der Waals surface area contributed by atoms with Gasteiger partial charge < -0.3 is 5.32 Å².